The van der Waals surface area contributed by atoms with Crippen LogP contribution in [0.2, 0.25) is 0 Å². The SMILES string of the molecule is CCCC[C@H](N)C(=O)Nc1c(F)c(F)c(F)c(F)c1F. The molecule has 0 spiro atoms. The third-order valence-corrected chi connectivity index (χ3v) is 2.66. The van der Waals surface area contributed by atoms with E-state index in [1.165, 1.54) is 0 Å². The zero-order chi connectivity index (χ0) is 15.4. The van der Waals surface area contributed by atoms with Crippen molar-refractivity contribution in [2.24, 2.45) is 5.73 Å². The van der Waals surface area contributed by atoms with Crippen molar-refractivity contribution in [2.75, 3.05) is 5.32 Å². The molecule has 1 aromatic rings. The van der Waals surface area contributed by atoms with E-state index in [0.717, 1.165) is 6.42 Å². The maximum atomic E-state index is 13.3. The minimum absolute atomic E-state index is 0.234. The maximum Gasteiger partial charge on any atom is 0.241 e. The van der Waals surface area contributed by atoms with Crippen molar-refractivity contribution in [3.63, 3.8) is 0 Å². The summed E-state index contributed by atoms with van der Waals surface area (Å²) in [6.45, 7) is 1.84. The van der Waals surface area contributed by atoms with Gasteiger partial charge in [-0.25, -0.2) is 22.0 Å². The maximum absolute atomic E-state index is 13.3. The summed E-state index contributed by atoms with van der Waals surface area (Å²) >= 11 is 0. The molecule has 8 heteroatoms. The van der Waals surface area contributed by atoms with E-state index >= 15 is 0 Å². The van der Waals surface area contributed by atoms with E-state index in [1.807, 2.05) is 6.92 Å². The molecule has 0 radical (unpaired) electrons. The Morgan fingerprint density at radius 3 is 1.95 bits per heavy atom. The molecule has 0 fully saturated rings. The zero-order valence-corrected chi connectivity index (χ0v) is 10.6. The van der Waals surface area contributed by atoms with Gasteiger partial charge in [0, 0.05) is 0 Å². The summed E-state index contributed by atoms with van der Waals surface area (Å²) in [5.41, 5.74) is 4.05. The van der Waals surface area contributed by atoms with Crippen LogP contribution in [0, 0.1) is 29.1 Å². The fourth-order valence-electron chi connectivity index (χ4n) is 1.49. The van der Waals surface area contributed by atoms with Gasteiger partial charge >= 0.3 is 0 Å². The molecule has 1 amide bonds. The summed E-state index contributed by atoms with van der Waals surface area (Å²) in [6, 6.07) is -1.09. The van der Waals surface area contributed by atoms with Crippen LogP contribution in [0.4, 0.5) is 27.6 Å². The molecule has 1 aromatic carbocycles. The summed E-state index contributed by atoms with van der Waals surface area (Å²) in [4.78, 5) is 11.5. The van der Waals surface area contributed by atoms with Gasteiger partial charge in [0.15, 0.2) is 23.3 Å². The Balaban J connectivity index is 3.01. The van der Waals surface area contributed by atoms with Crippen LogP contribution in [0.3, 0.4) is 0 Å². The minimum atomic E-state index is -2.28. The van der Waals surface area contributed by atoms with Crippen molar-refractivity contribution in [1.29, 1.82) is 0 Å². The van der Waals surface area contributed by atoms with Crippen LogP contribution in [0.15, 0.2) is 0 Å². The topological polar surface area (TPSA) is 55.1 Å². The molecule has 0 aliphatic carbocycles. The molecular formula is C12H13F5N2O. The highest BCUT2D eigenvalue weighted by atomic mass is 19.2. The van der Waals surface area contributed by atoms with E-state index in [4.69, 9.17) is 5.73 Å². The number of anilines is 1. The van der Waals surface area contributed by atoms with Gasteiger partial charge in [0.05, 0.1) is 6.04 Å². The molecule has 0 aromatic heterocycles. The molecule has 20 heavy (non-hydrogen) atoms. The molecule has 0 aliphatic rings. The number of nitrogens with one attached hydrogen (secondary N) is 1. The van der Waals surface area contributed by atoms with Gasteiger partial charge in [-0.1, -0.05) is 19.8 Å². The van der Waals surface area contributed by atoms with E-state index < -0.39 is 46.7 Å². The van der Waals surface area contributed by atoms with Crippen molar-refractivity contribution in [3.05, 3.63) is 29.1 Å². The number of carbonyl (C=O) groups is 1. The monoisotopic (exact) mass is 296 g/mol. The van der Waals surface area contributed by atoms with Gasteiger partial charge in [0.25, 0.3) is 0 Å². The smallest absolute Gasteiger partial charge is 0.241 e. The van der Waals surface area contributed by atoms with Gasteiger partial charge in [-0.2, -0.15) is 0 Å². The van der Waals surface area contributed by atoms with Gasteiger partial charge in [-0.15, -0.1) is 0 Å². The van der Waals surface area contributed by atoms with Gasteiger partial charge < -0.3 is 11.1 Å². The number of benzene rings is 1. The van der Waals surface area contributed by atoms with Gasteiger partial charge in [0.1, 0.15) is 5.69 Å². The molecule has 0 bridgehead atoms. The molecule has 112 valence electrons. The molecule has 1 rings (SSSR count). The summed E-state index contributed by atoms with van der Waals surface area (Å²) in [5.74, 6) is -11.7. The van der Waals surface area contributed by atoms with Crippen molar-refractivity contribution < 1.29 is 26.7 Å². The highest BCUT2D eigenvalue weighted by molar-refractivity contribution is 5.94. The number of hydrogen-bond acceptors (Lipinski definition) is 2. The molecular weight excluding hydrogens is 283 g/mol. The predicted molar refractivity (Wildman–Crippen MR) is 62.4 cm³/mol. The van der Waals surface area contributed by atoms with E-state index in [1.54, 1.807) is 5.32 Å². The van der Waals surface area contributed by atoms with Crippen molar-refractivity contribution in [1.82, 2.24) is 0 Å². The summed E-state index contributed by atoms with van der Waals surface area (Å²) in [7, 11) is 0. The fraction of sp³-hybridized carbons (Fsp3) is 0.417. The van der Waals surface area contributed by atoms with Crippen LogP contribution in [0.1, 0.15) is 26.2 Å². The summed E-state index contributed by atoms with van der Waals surface area (Å²) < 4.78 is 65.2. The van der Waals surface area contributed by atoms with Crippen LogP contribution in [0.25, 0.3) is 0 Å². The highest BCUT2D eigenvalue weighted by Crippen LogP contribution is 2.27. The van der Waals surface area contributed by atoms with E-state index in [9.17, 15) is 26.7 Å². The molecule has 3 nitrogen and oxygen atoms in total. The third-order valence-electron chi connectivity index (χ3n) is 2.66. The molecule has 3 N–H and O–H groups in total. The van der Waals surface area contributed by atoms with Crippen molar-refractivity contribution in [3.8, 4) is 0 Å². The van der Waals surface area contributed by atoms with Crippen molar-refractivity contribution in [2.45, 2.75) is 32.2 Å². The van der Waals surface area contributed by atoms with Gasteiger partial charge in [-0.05, 0) is 6.42 Å². The number of rotatable bonds is 5. The lowest BCUT2D eigenvalue weighted by Gasteiger charge is -2.13. The summed E-state index contributed by atoms with van der Waals surface area (Å²) in [6.07, 6.45) is 1.56. The zero-order valence-electron chi connectivity index (χ0n) is 10.6. The molecule has 0 heterocycles. The van der Waals surface area contributed by atoms with E-state index in [2.05, 4.69) is 0 Å². The van der Waals surface area contributed by atoms with Crippen molar-refractivity contribution >= 4 is 11.6 Å². The Labute approximate surface area is 112 Å². The molecule has 0 aliphatic heterocycles. The quantitative estimate of drug-likeness (QED) is 0.499. The average molecular weight is 296 g/mol. The number of amides is 1. The Hall–Kier alpha value is -1.70. The standard InChI is InChI=1S/C12H13F5N2O/c1-2-3-4-5(18)12(20)19-11-9(16)7(14)6(13)8(15)10(11)17/h5H,2-4,18H2,1H3,(H,19,20)/t5-/m0/s1. The lowest BCUT2D eigenvalue weighted by Crippen LogP contribution is -2.36. The van der Waals surface area contributed by atoms with Crippen LogP contribution in [-0.4, -0.2) is 11.9 Å². The largest absolute Gasteiger partial charge is 0.320 e. The first-order valence-electron chi connectivity index (χ1n) is 5.89. The number of unbranched alkanes of at least 4 members (excludes halogenated alkanes) is 1. The molecule has 0 saturated carbocycles. The first kappa shape index (κ1) is 16.4. The number of carbonyl (C=O) groups excluding carboxylic acids is 1. The predicted octanol–water partition coefficient (Wildman–Crippen LogP) is 2.84. The number of hydrogen-bond donors (Lipinski definition) is 2. The van der Waals surface area contributed by atoms with Crippen LogP contribution < -0.4 is 11.1 Å². The minimum Gasteiger partial charge on any atom is -0.320 e. The van der Waals surface area contributed by atoms with Gasteiger partial charge in [0.2, 0.25) is 11.7 Å². The second-order valence-electron chi connectivity index (χ2n) is 4.18. The fourth-order valence-corrected chi connectivity index (χ4v) is 1.49. The van der Waals surface area contributed by atoms with Crippen LogP contribution in [0.5, 0.6) is 0 Å². The Bertz CT molecular complexity index is 492. The van der Waals surface area contributed by atoms with Crippen LogP contribution in [-0.2, 0) is 4.79 Å². The van der Waals surface area contributed by atoms with Gasteiger partial charge in [-0.3, -0.25) is 4.79 Å². The first-order valence-corrected chi connectivity index (χ1v) is 5.89. The highest BCUT2D eigenvalue weighted by Gasteiger charge is 2.27. The van der Waals surface area contributed by atoms with E-state index in [-0.39, 0.29) is 6.42 Å². The third kappa shape index (κ3) is 3.24. The lowest BCUT2D eigenvalue weighted by molar-refractivity contribution is -0.117. The Kier molecular flexibility index (Phi) is 5.43. The lowest BCUT2D eigenvalue weighted by atomic mass is 10.1. The Morgan fingerprint density at radius 2 is 1.50 bits per heavy atom. The van der Waals surface area contributed by atoms with Crippen LogP contribution >= 0.6 is 0 Å². The Morgan fingerprint density at radius 1 is 1.05 bits per heavy atom. The molecule has 1 atom stereocenters. The second kappa shape index (κ2) is 6.65. The average Bonchev–Trinajstić information content (AvgIpc) is 2.44. The normalized spacial score (nSPS) is 12.3. The second-order valence-corrected chi connectivity index (χ2v) is 4.18. The number of halogens is 5. The number of nitrogens with two attached hydrogens (primary N) is 1. The first-order chi connectivity index (χ1) is 9.31. The molecule has 0 unspecified atom stereocenters. The van der Waals surface area contributed by atoms with E-state index in [0.29, 0.717) is 6.42 Å². The molecule has 0 saturated heterocycles. The summed E-state index contributed by atoms with van der Waals surface area (Å²) in [5, 5.41) is 1.64.